The Kier molecular flexibility index (Phi) is 5.98. The Bertz CT molecular complexity index is 1270. The number of carbonyl (C=O) groups excluding carboxylic acids is 3. The number of nitrogens with zero attached hydrogens (tertiary/aromatic N) is 1. The number of aliphatic hydroxyl groups is 1. The number of halogens is 2. The van der Waals surface area contributed by atoms with Crippen LogP contribution in [-0.4, -0.2) is 22.7 Å². The van der Waals surface area contributed by atoms with E-state index >= 15 is 0 Å². The van der Waals surface area contributed by atoms with Crippen LogP contribution in [0.2, 0.25) is 5.02 Å². The number of benzene rings is 3. The van der Waals surface area contributed by atoms with Crippen LogP contribution in [0.15, 0.2) is 78.4 Å². The lowest BCUT2D eigenvalue weighted by Gasteiger charge is -2.25. The van der Waals surface area contributed by atoms with E-state index in [0.717, 1.165) is 0 Å². The van der Waals surface area contributed by atoms with Gasteiger partial charge in [0, 0.05) is 28.9 Å². The third kappa shape index (κ3) is 4.36. The van der Waals surface area contributed by atoms with Crippen molar-refractivity contribution in [3.63, 3.8) is 0 Å². The second-order valence-electron chi connectivity index (χ2n) is 7.46. The highest BCUT2D eigenvalue weighted by Gasteiger charge is 2.46. The molecule has 3 aromatic rings. The van der Waals surface area contributed by atoms with Crippen molar-refractivity contribution < 1.29 is 23.9 Å². The van der Waals surface area contributed by atoms with Gasteiger partial charge < -0.3 is 10.4 Å². The molecule has 1 heterocycles. The van der Waals surface area contributed by atoms with Gasteiger partial charge in [-0.05, 0) is 66.2 Å². The minimum Gasteiger partial charge on any atom is -0.507 e. The van der Waals surface area contributed by atoms with Gasteiger partial charge in [0.1, 0.15) is 11.6 Å². The maximum absolute atomic E-state index is 13.6. The lowest BCUT2D eigenvalue weighted by atomic mass is 9.95. The third-order valence-electron chi connectivity index (χ3n) is 5.21. The summed E-state index contributed by atoms with van der Waals surface area (Å²) < 4.78 is 13.6. The normalized spacial score (nSPS) is 17.3. The predicted molar refractivity (Wildman–Crippen MR) is 123 cm³/mol. The van der Waals surface area contributed by atoms with Gasteiger partial charge >= 0.3 is 0 Å². The topological polar surface area (TPSA) is 86.7 Å². The second-order valence-corrected chi connectivity index (χ2v) is 7.89. The number of Topliss-reactive ketones (excluding diaryl/α,β-unsaturated/α-hetero) is 1. The van der Waals surface area contributed by atoms with E-state index in [1.807, 2.05) is 0 Å². The molecular weight excluding hydrogens is 447 g/mol. The molecule has 0 aromatic heterocycles. The molecule has 2 N–H and O–H groups in total. The molecule has 8 heteroatoms. The van der Waals surface area contributed by atoms with E-state index in [1.54, 1.807) is 36.4 Å². The fraction of sp³-hybridized carbons (Fsp3) is 0.0800. The molecule has 1 saturated heterocycles. The number of anilines is 2. The molecule has 1 aliphatic rings. The monoisotopic (exact) mass is 464 g/mol. The van der Waals surface area contributed by atoms with Gasteiger partial charge in [-0.2, -0.15) is 0 Å². The van der Waals surface area contributed by atoms with Crippen molar-refractivity contribution in [3.05, 3.63) is 100 Å². The molecule has 1 fully saturated rings. The fourth-order valence-corrected chi connectivity index (χ4v) is 3.86. The smallest absolute Gasteiger partial charge is 0.300 e. The molecule has 1 aliphatic heterocycles. The first-order chi connectivity index (χ1) is 15.8. The van der Waals surface area contributed by atoms with Gasteiger partial charge in [-0.1, -0.05) is 23.7 Å². The van der Waals surface area contributed by atoms with Crippen LogP contribution in [0, 0.1) is 5.82 Å². The Morgan fingerprint density at radius 3 is 2.15 bits per heavy atom. The van der Waals surface area contributed by atoms with Crippen LogP contribution in [0.5, 0.6) is 0 Å². The first-order valence-corrected chi connectivity index (χ1v) is 10.3. The maximum atomic E-state index is 13.6. The quantitative estimate of drug-likeness (QED) is 0.321. The average molecular weight is 465 g/mol. The number of carbonyl (C=O) groups is 3. The maximum Gasteiger partial charge on any atom is 0.300 e. The summed E-state index contributed by atoms with van der Waals surface area (Å²) in [7, 11) is 0. The molecule has 0 aliphatic carbocycles. The van der Waals surface area contributed by atoms with Gasteiger partial charge in [0.25, 0.3) is 11.7 Å². The van der Waals surface area contributed by atoms with Crippen molar-refractivity contribution in [2.24, 2.45) is 0 Å². The van der Waals surface area contributed by atoms with E-state index in [-0.39, 0.29) is 17.2 Å². The number of ketones is 1. The van der Waals surface area contributed by atoms with Gasteiger partial charge in [-0.15, -0.1) is 0 Å². The highest BCUT2D eigenvalue weighted by Crippen LogP contribution is 2.42. The van der Waals surface area contributed by atoms with Crippen LogP contribution in [-0.2, 0) is 14.4 Å². The number of hydrogen-bond donors (Lipinski definition) is 2. The average Bonchev–Trinajstić information content (AvgIpc) is 3.05. The van der Waals surface area contributed by atoms with Crippen LogP contribution >= 0.6 is 11.6 Å². The molecule has 33 heavy (non-hydrogen) atoms. The number of rotatable bonds is 4. The molecule has 3 aromatic carbocycles. The lowest BCUT2D eigenvalue weighted by Crippen LogP contribution is -2.29. The molecule has 6 nitrogen and oxygen atoms in total. The molecule has 0 saturated carbocycles. The van der Waals surface area contributed by atoms with Crippen LogP contribution in [0.1, 0.15) is 24.1 Å². The van der Waals surface area contributed by atoms with Crippen LogP contribution < -0.4 is 10.2 Å². The van der Waals surface area contributed by atoms with Gasteiger partial charge in [-0.3, -0.25) is 19.3 Å². The van der Waals surface area contributed by atoms with E-state index in [1.165, 1.54) is 48.2 Å². The number of amides is 2. The standard InChI is InChI=1S/C25H18ClFN2O4/c1-14(30)28-19-10-12-20(13-11-19)29-22(15-4-8-18(27)9-5-15)21(24(32)25(29)33)23(31)16-2-6-17(26)7-3-16/h2-13,22,31H,1H3,(H,28,30). The SMILES string of the molecule is CC(=O)Nc1ccc(N2C(=O)C(=O)C(=C(O)c3ccc(Cl)cc3)C2c2ccc(F)cc2)cc1. The highest BCUT2D eigenvalue weighted by atomic mass is 35.5. The molecule has 0 bridgehead atoms. The zero-order chi connectivity index (χ0) is 23.7. The Balaban J connectivity index is 1.87. The Morgan fingerprint density at radius 1 is 0.970 bits per heavy atom. The largest absolute Gasteiger partial charge is 0.507 e. The van der Waals surface area contributed by atoms with E-state index in [2.05, 4.69) is 5.32 Å². The summed E-state index contributed by atoms with van der Waals surface area (Å²) in [4.78, 5) is 38.7. The number of hydrogen-bond acceptors (Lipinski definition) is 4. The van der Waals surface area contributed by atoms with Crippen LogP contribution in [0.4, 0.5) is 15.8 Å². The Hall–Kier alpha value is -3.97. The molecular formula is C25H18ClFN2O4. The van der Waals surface area contributed by atoms with Crippen molar-refractivity contribution in [2.75, 3.05) is 10.2 Å². The van der Waals surface area contributed by atoms with Crippen molar-refractivity contribution >= 4 is 46.3 Å². The van der Waals surface area contributed by atoms with E-state index in [0.29, 0.717) is 27.5 Å². The van der Waals surface area contributed by atoms with Gasteiger partial charge in [0.05, 0.1) is 11.6 Å². The molecule has 1 atom stereocenters. The molecule has 0 radical (unpaired) electrons. The summed E-state index contributed by atoms with van der Waals surface area (Å²) >= 11 is 5.93. The van der Waals surface area contributed by atoms with E-state index < -0.39 is 23.5 Å². The van der Waals surface area contributed by atoms with E-state index in [4.69, 9.17) is 11.6 Å². The van der Waals surface area contributed by atoms with Gasteiger partial charge in [0.2, 0.25) is 5.91 Å². The molecule has 0 spiro atoms. The zero-order valence-electron chi connectivity index (χ0n) is 17.4. The van der Waals surface area contributed by atoms with Gasteiger partial charge in [-0.25, -0.2) is 4.39 Å². The second kappa shape index (κ2) is 8.88. The van der Waals surface area contributed by atoms with Crippen LogP contribution in [0.25, 0.3) is 5.76 Å². The van der Waals surface area contributed by atoms with Crippen molar-refractivity contribution in [1.82, 2.24) is 0 Å². The summed E-state index contributed by atoms with van der Waals surface area (Å²) in [6.45, 7) is 1.37. The first-order valence-electron chi connectivity index (χ1n) is 9.96. The number of nitrogens with one attached hydrogen (secondary N) is 1. The molecule has 1 unspecified atom stereocenters. The van der Waals surface area contributed by atoms with Gasteiger partial charge in [0.15, 0.2) is 0 Å². The minimum absolute atomic E-state index is 0.125. The van der Waals surface area contributed by atoms with Crippen molar-refractivity contribution in [2.45, 2.75) is 13.0 Å². The summed E-state index contributed by atoms with van der Waals surface area (Å²) in [5.41, 5.74) is 1.51. The summed E-state index contributed by atoms with van der Waals surface area (Å²) in [5.74, 6) is -2.81. The third-order valence-corrected chi connectivity index (χ3v) is 5.47. The van der Waals surface area contributed by atoms with Crippen LogP contribution in [0.3, 0.4) is 0 Å². The molecule has 4 rings (SSSR count). The Morgan fingerprint density at radius 2 is 1.58 bits per heavy atom. The minimum atomic E-state index is -0.993. The molecule has 2 amide bonds. The Labute approximate surface area is 193 Å². The zero-order valence-corrected chi connectivity index (χ0v) is 18.1. The number of aliphatic hydroxyl groups excluding tert-OH is 1. The summed E-state index contributed by atoms with van der Waals surface area (Å²) in [6, 6.07) is 16.9. The summed E-state index contributed by atoms with van der Waals surface area (Å²) in [6.07, 6.45) is 0. The highest BCUT2D eigenvalue weighted by molar-refractivity contribution is 6.51. The molecule has 166 valence electrons. The predicted octanol–water partition coefficient (Wildman–Crippen LogP) is 5.06. The van der Waals surface area contributed by atoms with E-state index in [9.17, 15) is 23.9 Å². The van der Waals surface area contributed by atoms with Crippen molar-refractivity contribution in [3.8, 4) is 0 Å². The lowest BCUT2D eigenvalue weighted by molar-refractivity contribution is -0.132. The fourth-order valence-electron chi connectivity index (χ4n) is 3.73. The first kappa shape index (κ1) is 22.2. The summed E-state index contributed by atoms with van der Waals surface area (Å²) in [5, 5.41) is 14.1. The van der Waals surface area contributed by atoms with Crippen molar-refractivity contribution in [1.29, 1.82) is 0 Å².